The Balaban J connectivity index is 2.29. The number of hydrogen-bond donors (Lipinski definition) is 4. The second kappa shape index (κ2) is 8.50. The van der Waals surface area contributed by atoms with E-state index in [4.69, 9.17) is 0 Å². The van der Waals surface area contributed by atoms with Gasteiger partial charge in [0.05, 0.1) is 0 Å². The van der Waals surface area contributed by atoms with Crippen molar-refractivity contribution >= 4 is 15.2 Å². The van der Waals surface area contributed by atoms with E-state index in [0.29, 0.717) is 0 Å². The lowest BCUT2D eigenvalue weighted by Gasteiger charge is -2.16. The SMILES string of the molecule is CC(C)C#Cc1ccc(-c2ccc[n+](CC(P(=O)(O)O)P(=O)(O)O)c2)cc1. The van der Waals surface area contributed by atoms with E-state index in [1.165, 1.54) is 10.8 Å². The minimum atomic E-state index is -4.97. The Morgan fingerprint density at radius 2 is 1.56 bits per heavy atom. The summed E-state index contributed by atoms with van der Waals surface area (Å²) >= 11 is 0. The average molecular weight is 410 g/mol. The van der Waals surface area contributed by atoms with Crippen LogP contribution in [0, 0.1) is 17.8 Å². The Morgan fingerprint density at radius 1 is 0.963 bits per heavy atom. The van der Waals surface area contributed by atoms with E-state index in [1.54, 1.807) is 18.3 Å². The highest BCUT2D eigenvalue weighted by Crippen LogP contribution is 2.59. The Hall–Kier alpha value is -1.77. The molecule has 0 fully saturated rings. The zero-order chi connectivity index (χ0) is 20.2. The first-order valence-corrected chi connectivity index (χ1v) is 11.5. The van der Waals surface area contributed by atoms with E-state index >= 15 is 0 Å². The van der Waals surface area contributed by atoms with E-state index < -0.39 is 27.1 Å². The van der Waals surface area contributed by atoms with Crippen LogP contribution in [-0.4, -0.2) is 25.0 Å². The minimum absolute atomic E-state index is 0.272. The molecule has 0 aliphatic heterocycles. The average Bonchev–Trinajstić information content (AvgIpc) is 2.56. The van der Waals surface area contributed by atoms with Gasteiger partial charge in [0.2, 0.25) is 5.40 Å². The molecule has 1 aromatic carbocycles. The molecule has 9 heteroatoms. The Morgan fingerprint density at radius 3 is 2.07 bits per heavy atom. The first kappa shape index (κ1) is 21.5. The van der Waals surface area contributed by atoms with Gasteiger partial charge in [-0.25, -0.2) is 4.57 Å². The second-order valence-corrected chi connectivity index (χ2v) is 10.5. The maximum Gasteiger partial charge on any atom is 0.347 e. The Labute approximate surface area is 158 Å². The summed E-state index contributed by atoms with van der Waals surface area (Å²) in [6.45, 7) is 3.51. The topological polar surface area (TPSA) is 119 Å². The van der Waals surface area contributed by atoms with E-state index in [9.17, 15) is 28.7 Å². The van der Waals surface area contributed by atoms with E-state index in [2.05, 4.69) is 11.8 Å². The summed E-state index contributed by atoms with van der Waals surface area (Å²) in [5, 5.41) is -2.08. The van der Waals surface area contributed by atoms with Crippen LogP contribution in [0.25, 0.3) is 11.1 Å². The van der Waals surface area contributed by atoms with Gasteiger partial charge in [0.25, 0.3) is 0 Å². The van der Waals surface area contributed by atoms with Gasteiger partial charge in [0.1, 0.15) is 0 Å². The maximum atomic E-state index is 11.5. The number of nitrogens with zero attached hydrogens (tertiary/aromatic N) is 1. The fraction of sp³-hybridized carbons (Fsp3) is 0.278. The molecular formula is C18H22NO6P2+. The number of pyridine rings is 1. The molecule has 0 radical (unpaired) electrons. The van der Waals surface area contributed by atoms with Crippen LogP contribution in [0.5, 0.6) is 0 Å². The van der Waals surface area contributed by atoms with Crippen molar-refractivity contribution in [2.24, 2.45) is 5.92 Å². The number of rotatable bonds is 5. The summed E-state index contributed by atoms with van der Waals surface area (Å²) < 4.78 is 24.3. The lowest BCUT2D eigenvalue weighted by atomic mass is 10.1. The Bertz CT molecular complexity index is 928. The molecule has 0 atom stereocenters. The van der Waals surface area contributed by atoms with Crippen LogP contribution in [0.3, 0.4) is 0 Å². The van der Waals surface area contributed by atoms with Gasteiger partial charge in [-0.2, -0.15) is 0 Å². The number of aromatic nitrogens is 1. The van der Waals surface area contributed by atoms with Gasteiger partial charge in [-0.3, -0.25) is 9.13 Å². The first-order chi connectivity index (χ1) is 12.5. The van der Waals surface area contributed by atoms with Crippen LogP contribution < -0.4 is 4.57 Å². The summed E-state index contributed by atoms with van der Waals surface area (Å²) in [7, 11) is -9.94. The van der Waals surface area contributed by atoms with Gasteiger partial charge >= 0.3 is 15.2 Å². The summed E-state index contributed by atoms with van der Waals surface area (Å²) in [6.07, 6.45) is 3.09. The number of benzene rings is 1. The standard InChI is InChI=1S/C18H21NO6P2/c1-14(2)5-6-15-7-9-16(10-8-15)17-4-3-11-19(12-17)13-18(26(20,21)22)27(23,24)25/h3-4,7-12,14,18H,13H2,1-2H3,(H3-,20,21,22,23,24,25)/p+1. The van der Waals surface area contributed by atoms with Crippen LogP contribution >= 0.6 is 15.2 Å². The van der Waals surface area contributed by atoms with Crippen molar-refractivity contribution in [1.82, 2.24) is 0 Å². The predicted molar refractivity (Wildman–Crippen MR) is 102 cm³/mol. The first-order valence-electron chi connectivity index (χ1n) is 8.18. The van der Waals surface area contributed by atoms with E-state index in [-0.39, 0.29) is 5.92 Å². The fourth-order valence-electron chi connectivity index (χ4n) is 2.38. The zero-order valence-corrected chi connectivity index (χ0v) is 16.7. The molecule has 1 aromatic heterocycles. The summed E-state index contributed by atoms with van der Waals surface area (Å²) in [6, 6.07) is 10.9. The Kier molecular flexibility index (Phi) is 6.77. The van der Waals surface area contributed by atoms with Crippen LogP contribution in [0.15, 0.2) is 48.8 Å². The summed E-state index contributed by atoms with van der Waals surface area (Å²) in [5.41, 5.74) is 2.47. The largest absolute Gasteiger partial charge is 0.347 e. The molecule has 0 bridgehead atoms. The molecule has 2 rings (SSSR count). The highest BCUT2D eigenvalue weighted by molar-refractivity contribution is 7.70. The normalized spacial score (nSPS) is 12.1. The van der Waals surface area contributed by atoms with Gasteiger partial charge in [-0.1, -0.05) is 37.8 Å². The smallest absolute Gasteiger partial charge is 0.324 e. The molecule has 0 saturated carbocycles. The quantitative estimate of drug-likeness (QED) is 0.341. The molecule has 0 amide bonds. The van der Waals surface area contributed by atoms with Crippen LogP contribution in [0.4, 0.5) is 0 Å². The van der Waals surface area contributed by atoms with Crippen molar-refractivity contribution in [2.75, 3.05) is 0 Å². The van der Waals surface area contributed by atoms with Crippen molar-refractivity contribution in [3.63, 3.8) is 0 Å². The van der Waals surface area contributed by atoms with Crippen LogP contribution in [0.2, 0.25) is 0 Å². The third-order valence-corrected chi connectivity index (χ3v) is 7.42. The zero-order valence-electron chi connectivity index (χ0n) is 14.9. The highest BCUT2D eigenvalue weighted by Gasteiger charge is 2.46. The summed E-state index contributed by atoms with van der Waals surface area (Å²) in [4.78, 5) is 37.1. The molecule has 0 aliphatic carbocycles. The number of hydrogen-bond acceptors (Lipinski definition) is 2. The van der Waals surface area contributed by atoms with Gasteiger partial charge in [-0.15, -0.1) is 0 Å². The van der Waals surface area contributed by atoms with Crippen LogP contribution in [0.1, 0.15) is 19.4 Å². The highest BCUT2D eigenvalue weighted by atomic mass is 31.2. The van der Waals surface area contributed by atoms with Crippen molar-refractivity contribution in [3.05, 3.63) is 54.4 Å². The molecule has 27 heavy (non-hydrogen) atoms. The second-order valence-electron chi connectivity index (χ2n) is 6.45. The molecule has 0 spiro atoms. The monoisotopic (exact) mass is 410 g/mol. The van der Waals surface area contributed by atoms with Gasteiger partial charge in [0.15, 0.2) is 18.9 Å². The fourth-order valence-corrected chi connectivity index (χ4v) is 4.75. The molecular weight excluding hydrogens is 388 g/mol. The molecule has 0 aliphatic rings. The lowest BCUT2D eigenvalue weighted by molar-refractivity contribution is -0.694. The third kappa shape index (κ3) is 6.41. The molecule has 0 unspecified atom stereocenters. The van der Waals surface area contributed by atoms with E-state index in [1.807, 2.05) is 38.1 Å². The molecule has 7 nitrogen and oxygen atoms in total. The summed E-state index contributed by atoms with van der Waals surface area (Å²) in [5.74, 6) is 6.42. The maximum absolute atomic E-state index is 11.5. The third-order valence-electron chi connectivity index (χ3n) is 3.73. The molecule has 4 N–H and O–H groups in total. The van der Waals surface area contributed by atoms with E-state index in [0.717, 1.165) is 16.7 Å². The molecule has 144 valence electrons. The molecule has 0 saturated heterocycles. The van der Waals surface area contributed by atoms with Gasteiger partial charge in [0, 0.05) is 23.1 Å². The van der Waals surface area contributed by atoms with Crippen molar-refractivity contribution in [1.29, 1.82) is 0 Å². The minimum Gasteiger partial charge on any atom is -0.324 e. The van der Waals surface area contributed by atoms with Gasteiger partial charge in [-0.05, 0) is 23.8 Å². The molecule has 1 heterocycles. The van der Waals surface area contributed by atoms with Crippen LogP contribution in [-0.2, 0) is 15.7 Å². The van der Waals surface area contributed by atoms with Crippen molar-refractivity contribution < 1.29 is 33.3 Å². The lowest BCUT2D eigenvalue weighted by Crippen LogP contribution is -2.39. The molecule has 2 aromatic rings. The van der Waals surface area contributed by atoms with Crippen molar-refractivity contribution in [2.45, 2.75) is 25.8 Å². The van der Waals surface area contributed by atoms with Crippen molar-refractivity contribution in [3.8, 4) is 23.0 Å². The van der Waals surface area contributed by atoms with Gasteiger partial charge < -0.3 is 19.6 Å². The predicted octanol–water partition coefficient (Wildman–Crippen LogP) is 2.33.